The van der Waals surface area contributed by atoms with Crippen LogP contribution in [0.25, 0.3) is 0 Å². The van der Waals surface area contributed by atoms with E-state index in [9.17, 15) is 9.90 Å². The molecule has 0 spiro atoms. The van der Waals surface area contributed by atoms with Gasteiger partial charge in [-0.1, -0.05) is 32.9 Å². The Labute approximate surface area is 150 Å². The van der Waals surface area contributed by atoms with Crippen molar-refractivity contribution in [3.05, 3.63) is 29.8 Å². The first-order valence-electron chi connectivity index (χ1n) is 9.32. The number of hydrogen-bond donors (Lipinski definition) is 2. The van der Waals surface area contributed by atoms with Crippen LogP contribution >= 0.6 is 0 Å². The molecule has 2 aliphatic heterocycles. The molecular formula is C20H30N2O3. The quantitative estimate of drug-likeness (QED) is 0.824. The van der Waals surface area contributed by atoms with Gasteiger partial charge in [0.15, 0.2) is 0 Å². The third-order valence-corrected chi connectivity index (χ3v) is 5.29. The average molecular weight is 346 g/mol. The van der Waals surface area contributed by atoms with E-state index >= 15 is 0 Å². The fourth-order valence-electron chi connectivity index (χ4n) is 3.95. The number of nitrogens with zero attached hydrogens (tertiary/aromatic N) is 1. The third kappa shape index (κ3) is 4.27. The molecule has 3 rings (SSSR count). The van der Waals surface area contributed by atoms with E-state index in [-0.39, 0.29) is 29.6 Å². The number of benzene rings is 1. The molecule has 2 aliphatic rings. The van der Waals surface area contributed by atoms with E-state index in [1.807, 2.05) is 17.0 Å². The molecule has 2 amide bonds. The number of amides is 2. The monoisotopic (exact) mass is 346 g/mol. The predicted molar refractivity (Wildman–Crippen MR) is 97.9 cm³/mol. The second-order valence-electron chi connectivity index (χ2n) is 8.28. The maximum Gasteiger partial charge on any atom is 0.318 e. The molecule has 0 aromatic heterocycles. The van der Waals surface area contributed by atoms with Crippen LogP contribution in [-0.2, 0) is 5.41 Å². The number of rotatable bonds is 4. The zero-order valence-corrected chi connectivity index (χ0v) is 15.5. The average Bonchev–Trinajstić information content (AvgIpc) is 2.83. The molecule has 0 saturated carbocycles. The summed E-state index contributed by atoms with van der Waals surface area (Å²) in [6, 6.07) is 8.49. The van der Waals surface area contributed by atoms with Crippen molar-refractivity contribution in [3.8, 4) is 5.75 Å². The molecule has 25 heavy (non-hydrogen) atoms. The van der Waals surface area contributed by atoms with Crippen molar-refractivity contribution in [1.29, 1.82) is 0 Å². The van der Waals surface area contributed by atoms with E-state index in [2.05, 4.69) is 38.2 Å². The maximum atomic E-state index is 12.4. The molecule has 2 heterocycles. The molecular weight excluding hydrogens is 316 g/mol. The molecule has 138 valence electrons. The third-order valence-electron chi connectivity index (χ3n) is 5.29. The van der Waals surface area contributed by atoms with Gasteiger partial charge in [-0.25, -0.2) is 4.79 Å². The lowest BCUT2D eigenvalue weighted by Crippen LogP contribution is -2.52. The number of carbonyl (C=O) groups is 1. The minimum atomic E-state index is -0.250. The van der Waals surface area contributed by atoms with E-state index in [4.69, 9.17) is 4.74 Å². The van der Waals surface area contributed by atoms with Crippen molar-refractivity contribution in [1.82, 2.24) is 10.2 Å². The highest BCUT2D eigenvalue weighted by molar-refractivity contribution is 5.75. The molecule has 2 unspecified atom stereocenters. The smallest absolute Gasteiger partial charge is 0.318 e. The lowest BCUT2D eigenvalue weighted by Gasteiger charge is -2.37. The van der Waals surface area contributed by atoms with Crippen LogP contribution in [0.1, 0.15) is 52.0 Å². The summed E-state index contributed by atoms with van der Waals surface area (Å²) in [6.07, 6.45) is 3.18. The van der Waals surface area contributed by atoms with E-state index in [0.717, 1.165) is 18.6 Å². The Hall–Kier alpha value is -1.75. The van der Waals surface area contributed by atoms with E-state index < -0.39 is 0 Å². The normalized spacial score (nSPS) is 25.8. The van der Waals surface area contributed by atoms with Crippen molar-refractivity contribution in [2.24, 2.45) is 0 Å². The fourth-order valence-corrected chi connectivity index (χ4v) is 3.95. The van der Waals surface area contributed by atoms with Crippen LogP contribution in [0.4, 0.5) is 4.79 Å². The van der Waals surface area contributed by atoms with Crippen LogP contribution in [0, 0.1) is 0 Å². The Kier molecular flexibility index (Phi) is 5.23. The summed E-state index contributed by atoms with van der Waals surface area (Å²) < 4.78 is 5.79. The van der Waals surface area contributed by atoms with Gasteiger partial charge in [0.25, 0.3) is 0 Å². The minimum absolute atomic E-state index is 0.0218. The van der Waals surface area contributed by atoms with Gasteiger partial charge in [-0.2, -0.15) is 0 Å². The van der Waals surface area contributed by atoms with Crippen LogP contribution in [0.3, 0.4) is 0 Å². The number of hydrogen-bond acceptors (Lipinski definition) is 3. The highest BCUT2D eigenvalue weighted by Crippen LogP contribution is 2.35. The van der Waals surface area contributed by atoms with Crippen molar-refractivity contribution < 1.29 is 14.6 Å². The topological polar surface area (TPSA) is 61.8 Å². The Balaban J connectivity index is 1.45. The zero-order chi connectivity index (χ0) is 18.0. The zero-order valence-electron chi connectivity index (χ0n) is 15.5. The number of aliphatic hydroxyl groups excluding tert-OH is 1. The number of fused-ring (bicyclic) bond motifs is 2. The summed E-state index contributed by atoms with van der Waals surface area (Å²) in [6.45, 7) is 7.46. The molecule has 2 saturated heterocycles. The summed E-state index contributed by atoms with van der Waals surface area (Å²) in [5.74, 6) is 0.836. The molecule has 1 aromatic rings. The van der Waals surface area contributed by atoms with Crippen LogP contribution in [0.2, 0.25) is 0 Å². The van der Waals surface area contributed by atoms with E-state index in [1.165, 1.54) is 5.56 Å². The van der Waals surface area contributed by atoms with Crippen LogP contribution in [-0.4, -0.2) is 47.4 Å². The summed E-state index contributed by atoms with van der Waals surface area (Å²) in [7, 11) is 0. The van der Waals surface area contributed by atoms with Crippen LogP contribution in [0.5, 0.6) is 5.75 Å². The molecule has 0 radical (unpaired) electrons. The fraction of sp³-hybridized carbons (Fsp3) is 0.650. The van der Waals surface area contributed by atoms with Crippen LogP contribution < -0.4 is 10.1 Å². The summed E-state index contributed by atoms with van der Waals surface area (Å²) in [4.78, 5) is 14.4. The number of carbonyl (C=O) groups excluding carboxylic acids is 1. The standard InChI is InChI=1S/C20H30N2O3/c1-20(2,3)14-5-4-6-18(11-14)25-10-9-21-19(24)22-15-7-8-16(22)13-17(23)12-15/h4-6,11,15-17,23H,7-10,12-13H2,1-3H3,(H,21,24). The molecule has 2 bridgehead atoms. The Bertz CT molecular complexity index is 597. The van der Waals surface area contributed by atoms with E-state index in [0.29, 0.717) is 26.0 Å². The number of piperidine rings is 1. The maximum absolute atomic E-state index is 12.4. The molecule has 2 N–H and O–H groups in total. The number of ether oxygens (including phenoxy) is 1. The molecule has 2 fully saturated rings. The van der Waals surface area contributed by atoms with Crippen molar-refractivity contribution in [2.75, 3.05) is 13.2 Å². The van der Waals surface area contributed by atoms with Gasteiger partial charge >= 0.3 is 6.03 Å². The van der Waals surface area contributed by atoms with Gasteiger partial charge in [-0.15, -0.1) is 0 Å². The lowest BCUT2D eigenvalue weighted by atomic mass is 9.87. The molecule has 0 aliphatic carbocycles. The molecule has 5 nitrogen and oxygen atoms in total. The van der Waals surface area contributed by atoms with Crippen molar-refractivity contribution in [2.45, 2.75) is 70.1 Å². The Morgan fingerprint density at radius 2 is 1.96 bits per heavy atom. The van der Waals surface area contributed by atoms with Gasteiger partial charge in [-0.3, -0.25) is 0 Å². The van der Waals surface area contributed by atoms with Gasteiger partial charge in [0.1, 0.15) is 12.4 Å². The second-order valence-corrected chi connectivity index (χ2v) is 8.28. The summed E-state index contributed by atoms with van der Waals surface area (Å²) in [5.41, 5.74) is 1.32. The van der Waals surface area contributed by atoms with Crippen LogP contribution in [0.15, 0.2) is 24.3 Å². The first-order chi connectivity index (χ1) is 11.8. The molecule has 5 heteroatoms. The minimum Gasteiger partial charge on any atom is -0.492 e. The lowest BCUT2D eigenvalue weighted by molar-refractivity contribution is 0.0540. The van der Waals surface area contributed by atoms with Gasteiger partial charge in [-0.05, 0) is 48.8 Å². The highest BCUT2D eigenvalue weighted by Gasteiger charge is 2.42. The number of urea groups is 1. The Morgan fingerprint density at radius 3 is 2.60 bits per heavy atom. The summed E-state index contributed by atoms with van der Waals surface area (Å²) >= 11 is 0. The number of nitrogens with one attached hydrogen (secondary N) is 1. The van der Waals surface area contributed by atoms with E-state index in [1.54, 1.807) is 0 Å². The largest absolute Gasteiger partial charge is 0.492 e. The summed E-state index contributed by atoms with van der Waals surface area (Å²) in [5, 5.41) is 12.8. The molecule has 2 atom stereocenters. The molecule has 1 aromatic carbocycles. The Morgan fingerprint density at radius 1 is 1.28 bits per heavy atom. The second kappa shape index (κ2) is 7.24. The first kappa shape index (κ1) is 18.1. The van der Waals surface area contributed by atoms with Gasteiger partial charge in [0.05, 0.1) is 12.6 Å². The van der Waals surface area contributed by atoms with Gasteiger partial charge in [0, 0.05) is 12.1 Å². The first-order valence-corrected chi connectivity index (χ1v) is 9.32. The van der Waals surface area contributed by atoms with Gasteiger partial charge < -0.3 is 20.1 Å². The number of aliphatic hydroxyl groups is 1. The SMILES string of the molecule is CC(C)(C)c1cccc(OCCNC(=O)N2C3CCC2CC(O)C3)c1. The van der Waals surface area contributed by atoms with Crippen molar-refractivity contribution in [3.63, 3.8) is 0 Å². The highest BCUT2D eigenvalue weighted by atomic mass is 16.5. The van der Waals surface area contributed by atoms with Crippen molar-refractivity contribution >= 4 is 6.03 Å². The van der Waals surface area contributed by atoms with Gasteiger partial charge in [0.2, 0.25) is 0 Å². The predicted octanol–water partition coefficient (Wildman–Crippen LogP) is 3.06.